The summed E-state index contributed by atoms with van der Waals surface area (Å²) in [4.78, 5) is 11.0. The van der Waals surface area contributed by atoms with Gasteiger partial charge >= 0.3 is 0 Å². The molecule has 1 rings (SSSR count). The molecule has 0 aliphatic carbocycles. The number of aryl methyl sites for hydroxylation is 1. The van der Waals surface area contributed by atoms with Gasteiger partial charge in [0.1, 0.15) is 0 Å². The Bertz CT molecular complexity index is 521. The van der Waals surface area contributed by atoms with Crippen molar-refractivity contribution in [1.82, 2.24) is 4.72 Å². The Balaban J connectivity index is 2.91. The zero-order valence-corrected chi connectivity index (χ0v) is 11.8. The van der Waals surface area contributed by atoms with Crippen LogP contribution >= 0.6 is 0 Å². The molecular formula is C13H19NO3S. The summed E-state index contributed by atoms with van der Waals surface area (Å²) < 4.78 is 25.6. The highest BCUT2D eigenvalue weighted by Gasteiger charge is 2.15. The normalized spacial score (nSPS) is 11.6. The first kappa shape index (κ1) is 14.7. The monoisotopic (exact) mass is 269 g/mol. The second-order valence-corrected chi connectivity index (χ2v) is 6.42. The van der Waals surface area contributed by atoms with E-state index in [9.17, 15) is 13.2 Å². The largest absolute Gasteiger partial charge is 0.274 e. The third-order valence-corrected chi connectivity index (χ3v) is 3.93. The van der Waals surface area contributed by atoms with E-state index < -0.39 is 15.9 Å². The second kappa shape index (κ2) is 6.00. The smallest absolute Gasteiger partial charge is 0.264 e. The van der Waals surface area contributed by atoms with Crippen LogP contribution in [0.1, 0.15) is 32.8 Å². The quantitative estimate of drug-likeness (QED) is 0.890. The van der Waals surface area contributed by atoms with Crippen molar-refractivity contribution in [3.05, 3.63) is 29.8 Å². The molecule has 0 aromatic heterocycles. The van der Waals surface area contributed by atoms with Crippen LogP contribution < -0.4 is 4.72 Å². The molecule has 0 unspecified atom stereocenters. The van der Waals surface area contributed by atoms with Gasteiger partial charge in [-0.3, -0.25) is 4.79 Å². The molecule has 0 heterocycles. The summed E-state index contributed by atoms with van der Waals surface area (Å²) in [6, 6.07) is 6.71. The number of amides is 1. The number of carbonyl (C=O) groups excluding carboxylic acids is 1. The summed E-state index contributed by atoms with van der Waals surface area (Å²) in [5, 5.41) is 0. The SMILES string of the molecule is CC(=O)NS(=O)(=O)c1cccc(CCC(C)C)c1. The Labute approximate surface area is 108 Å². The average molecular weight is 269 g/mol. The number of nitrogens with one attached hydrogen (secondary N) is 1. The molecule has 1 amide bonds. The molecular weight excluding hydrogens is 250 g/mol. The first-order valence-corrected chi connectivity index (χ1v) is 7.42. The Morgan fingerprint density at radius 2 is 2.00 bits per heavy atom. The summed E-state index contributed by atoms with van der Waals surface area (Å²) >= 11 is 0. The predicted octanol–water partition coefficient (Wildman–Crippen LogP) is 2.10. The van der Waals surface area contributed by atoms with E-state index in [2.05, 4.69) is 13.8 Å². The van der Waals surface area contributed by atoms with Crippen LogP contribution in [-0.2, 0) is 21.2 Å². The van der Waals surface area contributed by atoms with E-state index in [0.29, 0.717) is 5.92 Å². The molecule has 0 spiro atoms. The van der Waals surface area contributed by atoms with Gasteiger partial charge in [0.25, 0.3) is 10.0 Å². The van der Waals surface area contributed by atoms with Crippen LogP contribution in [0.4, 0.5) is 0 Å². The number of carbonyl (C=O) groups is 1. The number of rotatable bonds is 5. The zero-order valence-electron chi connectivity index (χ0n) is 10.9. The molecule has 100 valence electrons. The topological polar surface area (TPSA) is 63.2 Å². The minimum Gasteiger partial charge on any atom is -0.274 e. The summed E-state index contributed by atoms with van der Waals surface area (Å²) in [5.74, 6) is -0.0109. The van der Waals surface area contributed by atoms with Gasteiger partial charge < -0.3 is 0 Å². The van der Waals surface area contributed by atoms with Crippen molar-refractivity contribution in [1.29, 1.82) is 0 Å². The summed E-state index contributed by atoms with van der Waals surface area (Å²) in [7, 11) is -3.72. The maximum atomic E-state index is 11.8. The van der Waals surface area contributed by atoms with Crippen LogP contribution in [0, 0.1) is 5.92 Å². The highest BCUT2D eigenvalue weighted by molar-refractivity contribution is 7.90. The molecule has 0 atom stereocenters. The summed E-state index contributed by atoms with van der Waals surface area (Å²) in [5.41, 5.74) is 0.968. The van der Waals surface area contributed by atoms with Crippen molar-refractivity contribution in [2.75, 3.05) is 0 Å². The lowest BCUT2D eigenvalue weighted by atomic mass is 10.0. The van der Waals surface area contributed by atoms with Crippen molar-refractivity contribution in [2.24, 2.45) is 5.92 Å². The molecule has 0 aliphatic heterocycles. The molecule has 0 bridgehead atoms. The predicted molar refractivity (Wildman–Crippen MR) is 70.6 cm³/mol. The fourth-order valence-corrected chi connectivity index (χ4v) is 2.63. The van der Waals surface area contributed by atoms with E-state index in [0.717, 1.165) is 18.4 Å². The van der Waals surface area contributed by atoms with Gasteiger partial charge in [-0.25, -0.2) is 13.1 Å². The van der Waals surface area contributed by atoms with Crippen molar-refractivity contribution in [2.45, 2.75) is 38.5 Å². The van der Waals surface area contributed by atoms with Crippen molar-refractivity contribution < 1.29 is 13.2 Å². The van der Waals surface area contributed by atoms with E-state index in [1.54, 1.807) is 12.1 Å². The molecule has 0 saturated heterocycles. The van der Waals surface area contributed by atoms with Crippen LogP contribution in [0.25, 0.3) is 0 Å². The van der Waals surface area contributed by atoms with Crippen molar-refractivity contribution in [3.8, 4) is 0 Å². The van der Waals surface area contributed by atoms with E-state index in [1.165, 1.54) is 13.0 Å². The lowest BCUT2D eigenvalue weighted by Crippen LogP contribution is -2.28. The Morgan fingerprint density at radius 3 is 2.56 bits per heavy atom. The van der Waals surface area contributed by atoms with Crippen molar-refractivity contribution in [3.63, 3.8) is 0 Å². The molecule has 0 radical (unpaired) electrons. The molecule has 1 aromatic carbocycles. The molecule has 1 aromatic rings. The van der Waals surface area contributed by atoms with Gasteiger partial charge in [0.05, 0.1) is 4.90 Å². The van der Waals surface area contributed by atoms with Gasteiger partial charge in [0.2, 0.25) is 5.91 Å². The number of sulfonamides is 1. The number of benzene rings is 1. The molecule has 0 fully saturated rings. The number of hydrogen-bond acceptors (Lipinski definition) is 3. The summed E-state index contributed by atoms with van der Waals surface area (Å²) in [6.45, 7) is 5.43. The van der Waals surface area contributed by atoms with E-state index >= 15 is 0 Å². The molecule has 5 heteroatoms. The van der Waals surface area contributed by atoms with Crippen LogP contribution in [-0.4, -0.2) is 14.3 Å². The van der Waals surface area contributed by atoms with Gasteiger partial charge in [-0.05, 0) is 36.5 Å². The van der Waals surface area contributed by atoms with Crippen LogP contribution in [0.15, 0.2) is 29.2 Å². The number of hydrogen-bond donors (Lipinski definition) is 1. The van der Waals surface area contributed by atoms with Gasteiger partial charge in [0, 0.05) is 6.92 Å². The maximum Gasteiger partial charge on any atom is 0.264 e. The van der Waals surface area contributed by atoms with Gasteiger partial charge in [0.15, 0.2) is 0 Å². The Kier molecular flexibility index (Phi) is 4.90. The van der Waals surface area contributed by atoms with Gasteiger partial charge in [-0.2, -0.15) is 0 Å². The molecule has 0 saturated carbocycles. The fourth-order valence-electron chi connectivity index (χ4n) is 1.57. The molecule has 18 heavy (non-hydrogen) atoms. The summed E-state index contributed by atoms with van der Waals surface area (Å²) in [6.07, 6.45) is 1.84. The maximum absolute atomic E-state index is 11.8. The second-order valence-electron chi connectivity index (χ2n) is 4.74. The zero-order chi connectivity index (χ0) is 13.8. The third-order valence-electron chi connectivity index (χ3n) is 2.50. The molecule has 1 N–H and O–H groups in total. The lowest BCUT2D eigenvalue weighted by molar-refractivity contribution is -0.117. The van der Waals surface area contributed by atoms with Gasteiger partial charge in [-0.1, -0.05) is 26.0 Å². The van der Waals surface area contributed by atoms with Crippen LogP contribution in [0.5, 0.6) is 0 Å². The molecule has 0 aliphatic rings. The third kappa shape index (κ3) is 4.49. The lowest BCUT2D eigenvalue weighted by Gasteiger charge is -2.08. The minimum atomic E-state index is -3.72. The van der Waals surface area contributed by atoms with Crippen LogP contribution in [0.2, 0.25) is 0 Å². The Hall–Kier alpha value is -1.36. The highest BCUT2D eigenvalue weighted by Crippen LogP contribution is 2.14. The Morgan fingerprint density at radius 1 is 1.33 bits per heavy atom. The minimum absolute atomic E-state index is 0.138. The highest BCUT2D eigenvalue weighted by atomic mass is 32.2. The molecule has 4 nitrogen and oxygen atoms in total. The average Bonchev–Trinajstić information content (AvgIpc) is 2.25. The van der Waals surface area contributed by atoms with E-state index in [1.807, 2.05) is 10.8 Å². The van der Waals surface area contributed by atoms with E-state index in [4.69, 9.17) is 0 Å². The first-order valence-electron chi connectivity index (χ1n) is 5.93. The van der Waals surface area contributed by atoms with E-state index in [-0.39, 0.29) is 4.90 Å². The first-order chi connectivity index (χ1) is 8.31. The van der Waals surface area contributed by atoms with Crippen LogP contribution in [0.3, 0.4) is 0 Å². The standard InChI is InChI=1S/C13H19NO3S/c1-10(2)7-8-12-5-4-6-13(9-12)18(16,17)14-11(3)15/h4-6,9-10H,7-8H2,1-3H3,(H,14,15). The van der Waals surface area contributed by atoms with Crippen molar-refractivity contribution >= 4 is 15.9 Å². The van der Waals surface area contributed by atoms with Gasteiger partial charge in [-0.15, -0.1) is 0 Å². The fraction of sp³-hybridized carbons (Fsp3) is 0.462.